The Balaban J connectivity index is 2.07. The van der Waals surface area contributed by atoms with Crippen LogP contribution in [0.15, 0.2) is 24.3 Å². The van der Waals surface area contributed by atoms with Gasteiger partial charge in [-0.1, -0.05) is 0 Å². The number of ether oxygens (including phenoxy) is 3. The van der Waals surface area contributed by atoms with E-state index < -0.39 is 0 Å². The molecule has 2 heterocycles. The van der Waals surface area contributed by atoms with E-state index in [2.05, 4.69) is 14.9 Å². The van der Waals surface area contributed by atoms with Gasteiger partial charge < -0.3 is 24.8 Å². The zero-order valence-electron chi connectivity index (χ0n) is 14.9. The van der Waals surface area contributed by atoms with Crippen LogP contribution in [-0.2, 0) is 4.74 Å². The van der Waals surface area contributed by atoms with E-state index in [9.17, 15) is 0 Å². The van der Waals surface area contributed by atoms with Crippen molar-refractivity contribution >= 4 is 11.8 Å². The van der Waals surface area contributed by atoms with Crippen LogP contribution >= 0.6 is 0 Å². The molecule has 1 aromatic heterocycles. The zero-order chi connectivity index (χ0) is 17.8. The van der Waals surface area contributed by atoms with Crippen molar-refractivity contribution in [3.8, 4) is 11.5 Å². The first-order chi connectivity index (χ1) is 12.1. The monoisotopic (exact) mass is 344 g/mol. The van der Waals surface area contributed by atoms with Crippen LogP contribution in [-0.4, -0.2) is 43.9 Å². The van der Waals surface area contributed by atoms with E-state index >= 15 is 0 Å². The smallest absolute Gasteiger partial charge is 0.222 e. The highest BCUT2D eigenvalue weighted by atomic mass is 16.5. The van der Waals surface area contributed by atoms with Crippen molar-refractivity contribution in [3.63, 3.8) is 0 Å². The van der Waals surface area contributed by atoms with Gasteiger partial charge in [0.25, 0.3) is 0 Å². The number of rotatable bonds is 4. The molecule has 0 aliphatic carbocycles. The molecule has 7 nitrogen and oxygen atoms in total. The maximum absolute atomic E-state index is 5.87. The molecule has 3 rings (SSSR count). The summed E-state index contributed by atoms with van der Waals surface area (Å²) >= 11 is 0. The van der Waals surface area contributed by atoms with Gasteiger partial charge in [-0.05, 0) is 31.5 Å². The van der Waals surface area contributed by atoms with Crippen molar-refractivity contribution in [2.75, 3.05) is 44.6 Å². The van der Waals surface area contributed by atoms with E-state index in [1.165, 1.54) is 0 Å². The maximum Gasteiger partial charge on any atom is 0.222 e. The first-order valence-electron chi connectivity index (χ1n) is 8.30. The molecular formula is C18H24N4O3. The van der Waals surface area contributed by atoms with Gasteiger partial charge in [0.1, 0.15) is 17.3 Å². The van der Waals surface area contributed by atoms with Crippen LogP contribution in [0.3, 0.4) is 0 Å². The summed E-state index contributed by atoms with van der Waals surface area (Å²) in [7, 11) is 3.32. The van der Waals surface area contributed by atoms with E-state index in [1.54, 1.807) is 14.2 Å². The minimum absolute atomic E-state index is 0.0544. The lowest BCUT2D eigenvalue weighted by Gasteiger charge is -2.32. The van der Waals surface area contributed by atoms with Crippen molar-refractivity contribution in [1.29, 1.82) is 0 Å². The molecular weight excluding hydrogens is 320 g/mol. The Morgan fingerprint density at radius 3 is 2.76 bits per heavy atom. The van der Waals surface area contributed by atoms with Gasteiger partial charge in [-0.3, -0.25) is 0 Å². The Kier molecular flexibility index (Phi) is 5.23. The maximum atomic E-state index is 5.87. The molecule has 7 heteroatoms. The normalized spacial score (nSPS) is 17.9. The fourth-order valence-corrected chi connectivity index (χ4v) is 3.13. The summed E-state index contributed by atoms with van der Waals surface area (Å²) in [6, 6.07) is 7.68. The highest BCUT2D eigenvalue weighted by Crippen LogP contribution is 2.36. The van der Waals surface area contributed by atoms with Crippen LogP contribution in [0.1, 0.15) is 23.7 Å². The molecule has 1 aliphatic rings. The number of anilines is 2. The second kappa shape index (κ2) is 7.57. The molecule has 0 bridgehead atoms. The highest BCUT2D eigenvalue weighted by molar-refractivity contribution is 5.50. The average Bonchev–Trinajstić information content (AvgIpc) is 2.86. The molecule has 0 radical (unpaired) electrons. The predicted octanol–water partition coefficient (Wildman–Crippen LogP) is 2.35. The van der Waals surface area contributed by atoms with Crippen LogP contribution in [0, 0.1) is 6.92 Å². The Labute approximate surface area is 147 Å². The van der Waals surface area contributed by atoms with Gasteiger partial charge >= 0.3 is 0 Å². The molecule has 2 N–H and O–H groups in total. The van der Waals surface area contributed by atoms with Crippen molar-refractivity contribution in [1.82, 2.24) is 9.97 Å². The van der Waals surface area contributed by atoms with Gasteiger partial charge in [-0.2, -0.15) is 4.98 Å². The Morgan fingerprint density at radius 2 is 2.04 bits per heavy atom. The summed E-state index contributed by atoms with van der Waals surface area (Å²) in [4.78, 5) is 10.8. The number of methoxy groups -OCH3 is 2. The number of nitrogen functional groups attached to an aromatic ring is 1. The topological polar surface area (TPSA) is 82.7 Å². The average molecular weight is 344 g/mol. The summed E-state index contributed by atoms with van der Waals surface area (Å²) in [6.45, 7) is 3.96. The number of aromatic nitrogens is 2. The lowest BCUT2D eigenvalue weighted by atomic mass is 10.0. The summed E-state index contributed by atoms with van der Waals surface area (Å²) in [6.07, 6.45) is 0.908. The standard InChI is InChI=1S/C18H24N4O3/c1-12-9-17(21-18(19)20-12)22-7-4-8-25-11-15(22)14-10-13(23-2)5-6-16(14)24-3/h5-6,9-10,15H,4,7-8,11H2,1-3H3,(H2,19,20,21)/t15-/m1/s1. The largest absolute Gasteiger partial charge is 0.497 e. The quantitative estimate of drug-likeness (QED) is 0.911. The van der Waals surface area contributed by atoms with Gasteiger partial charge in [0.05, 0.1) is 26.9 Å². The molecule has 1 saturated heterocycles. The third kappa shape index (κ3) is 3.76. The molecule has 0 spiro atoms. The number of hydrogen-bond donors (Lipinski definition) is 1. The zero-order valence-corrected chi connectivity index (χ0v) is 14.9. The van der Waals surface area contributed by atoms with Crippen LogP contribution < -0.4 is 20.1 Å². The predicted molar refractivity (Wildman–Crippen MR) is 96.3 cm³/mol. The van der Waals surface area contributed by atoms with Gasteiger partial charge in [0, 0.05) is 30.5 Å². The summed E-state index contributed by atoms with van der Waals surface area (Å²) in [5, 5.41) is 0. The van der Waals surface area contributed by atoms with E-state index in [-0.39, 0.29) is 12.0 Å². The Morgan fingerprint density at radius 1 is 1.20 bits per heavy atom. The Bertz CT molecular complexity index is 718. The second-order valence-corrected chi connectivity index (χ2v) is 5.97. The summed E-state index contributed by atoms with van der Waals surface area (Å²) < 4.78 is 16.8. The van der Waals surface area contributed by atoms with Gasteiger partial charge in [0.2, 0.25) is 5.95 Å². The van der Waals surface area contributed by atoms with Gasteiger partial charge in [-0.15, -0.1) is 0 Å². The number of aryl methyl sites for hydroxylation is 1. The molecule has 0 unspecified atom stereocenters. The molecule has 134 valence electrons. The molecule has 1 atom stereocenters. The summed E-state index contributed by atoms with van der Waals surface area (Å²) in [5.41, 5.74) is 7.70. The van der Waals surface area contributed by atoms with Gasteiger partial charge in [0.15, 0.2) is 0 Å². The number of benzene rings is 1. The van der Waals surface area contributed by atoms with Crippen molar-refractivity contribution in [2.45, 2.75) is 19.4 Å². The molecule has 25 heavy (non-hydrogen) atoms. The SMILES string of the molecule is COc1ccc(OC)c([C@H]2COCCCN2c2cc(C)nc(N)n2)c1. The third-order valence-corrected chi connectivity index (χ3v) is 4.29. The van der Waals surface area contributed by atoms with E-state index in [4.69, 9.17) is 19.9 Å². The van der Waals surface area contributed by atoms with Crippen LogP contribution in [0.2, 0.25) is 0 Å². The van der Waals surface area contributed by atoms with Crippen LogP contribution in [0.4, 0.5) is 11.8 Å². The number of nitrogens with two attached hydrogens (primary N) is 1. The first kappa shape index (κ1) is 17.3. The minimum atomic E-state index is -0.0544. The fraction of sp³-hybridized carbons (Fsp3) is 0.444. The van der Waals surface area contributed by atoms with Crippen LogP contribution in [0.25, 0.3) is 0 Å². The molecule has 0 amide bonds. The molecule has 2 aromatic rings. The second-order valence-electron chi connectivity index (χ2n) is 5.97. The highest BCUT2D eigenvalue weighted by Gasteiger charge is 2.28. The van der Waals surface area contributed by atoms with Crippen molar-refractivity contribution in [2.24, 2.45) is 0 Å². The molecule has 1 fully saturated rings. The number of nitrogens with zero attached hydrogens (tertiary/aromatic N) is 3. The fourth-order valence-electron chi connectivity index (χ4n) is 3.13. The van der Waals surface area contributed by atoms with Crippen molar-refractivity contribution in [3.05, 3.63) is 35.5 Å². The minimum Gasteiger partial charge on any atom is -0.497 e. The summed E-state index contributed by atoms with van der Waals surface area (Å²) in [5.74, 6) is 2.64. The van der Waals surface area contributed by atoms with E-state index in [1.807, 2.05) is 31.2 Å². The number of hydrogen-bond acceptors (Lipinski definition) is 7. The lowest BCUT2D eigenvalue weighted by molar-refractivity contribution is 0.133. The molecule has 0 saturated carbocycles. The lowest BCUT2D eigenvalue weighted by Crippen LogP contribution is -2.32. The third-order valence-electron chi connectivity index (χ3n) is 4.29. The van der Waals surface area contributed by atoms with Gasteiger partial charge in [-0.25, -0.2) is 4.98 Å². The molecule has 1 aromatic carbocycles. The first-order valence-corrected chi connectivity index (χ1v) is 8.30. The van der Waals surface area contributed by atoms with Crippen molar-refractivity contribution < 1.29 is 14.2 Å². The van der Waals surface area contributed by atoms with Crippen LogP contribution in [0.5, 0.6) is 11.5 Å². The molecule has 1 aliphatic heterocycles. The van der Waals surface area contributed by atoms with E-state index in [0.29, 0.717) is 13.2 Å². The Hall–Kier alpha value is -2.54. The van der Waals surface area contributed by atoms with E-state index in [0.717, 1.165) is 41.5 Å².